The molecule has 22 heavy (non-hydrogen) atoms. The molecule has 1 aliphatic rings. The summed E-state index contributed by atoms with van der Waals surface area (Å²) >= 11 is 5.68. The highest BCUT2D eigenvalue weighted by molar-refractivity contribution is 6.17. The molecule has 0 bridgehead atoms. The molecule has 6 heteroatoms. The Morgan fingerprint density at radius 3 is 2.27 bits per heavy atom. The number of hydrogen-bond acceptors (Lipinski definition) is 1. The summed E-state index contributed by atoms with van der Waals surface area (Å²) in [7, 11) is 0. The van der Waals surface area contributed by atoms with Crippen molar-refractivity contribution < 1.29 is 18.0 Å². The normalized spacial score (nSPS) is 16.8. The summed E-state index contributed by atoms with van der Waals surface area (Å²) in [6.45, 7) is 1.32. The van der Waals surface area contributed by atoms with Gasteiger partial charge in [0, 0.05) is 24.5 Å². The van der Waals surface area contributed by atoms with E-state index in [1.54, 1.807) is 4.90 Å². The summed E-state index contributed by atoms with van der Waals surface area (Å²) in [4.78, 5) is 14.0. The van der Waals surface area contributed by atoms with Gasteiger partial charge in [0.15, 0.2) is 0 Å². The Hall–Kier alpha value is -1.23. The number of halogens is 4. The fraction of sp³-hybridized carbons (Fsp3) is 0.562. The smallest absolute Gasteiger partial charge is 0.339 e. The van der Waals surface area contributed by atoms with Crippen molar-refractivity contribution in [2.75, 3.05) is 19.0 Å². The van der Waals surface area contributed by atoms with Crippen molar-refractivity contribution in [2.24, 2.45) is 5.92 Å². The van der Waals surface area contributed by atoms with Gasteiger partial charge in [-0.05, 0) is 55.9 Å². The van der Waals surface area contributed by atoms with Crippen molar-refractivity contribution in [3.63, 3.8) is 0 Å². The lowest BCUT2D eigenvalue weighted by Gasteiger charge is -2.32. The molecule has 0 spiro atoms. The van der Waals surface area contributed by atoms with E-state index in [4.69, 9.17) is 11.6 Å². The quantitative estimate of drug-likeness (QED) is 0.739. The van der Waals surface area contributed by atoms with Crippen LogP contribution in [0.15, 0.2) is 24.3 Å². The maximum absolute atomic E-state index is 12.5. The van der Waals surface area contributed by atoms with Crippen molar-refractivity contribution >= 4 is 17.5 Å². The zero-order valence-corrected chi connectivity index (χ0v) is 13.0. The van der Waals surface area contributed by atoms with E-state index in [1.807, 2.05) is 0 Å². The van der Waals surface area contributed by atoms with Crippen LogP contribution >= 0.6 is 11.6 Å². The molecule has 0 aliphatic carbocycles. The Bertz CT molecular complexity index is 493. The highest BCUT2D eigenvalue weighted by Crippen LogP contribution is 2.29. The summed E-state index contributed by atoms with van der Waals surface area (Å²) in [5.74, 6) is 1.06. The first-order valence-corrected chi connectivity index (χ1v) is 7.98. The van der Waals surface area contributed by atoms with Gasteiger partial charge in [0.1, 0.15) is 0 Å². The van der Waals surface area contributed by atoms with Crippen LogP contribution < -0.4 is 0 Å². The number of benzene rings is 1. The van der Waals surface area contributed by atoms with E-state index in [9.17, 15) is 18.0 Å². The first-order valence-electron chi connectivity index (χ1n) is 7.44. The first-order chi connectivity index (χ1) is 10.4. The number of nitrogens with zero attached hydrogens (tertiary/aromatic N) is 1. The maximum Gasteiger partial charge on any atom is 0.416 e. The van der Waals surface area contributed by atoms with Gasteiger partial charge in [-0.25, -0.2) is 0 Å². The molecular weight excluding hydrogens is 315 g/mol. The Morgan fingerprint density at radius 1 is 1.18 bits per heavy atom. The molecule has 2 nitrogen and oxygen atoms in total. The van der Waals surface area contributed by atoms with Gasteiger partial charge < -0.3 is 4.90 Å². The second-order valence-electron chi connectivity index (χ2n) is 5.64. The third-order valence-corrected chi connectivity index (χ3v) is 4.37. The van der Waals surface area contributed by atoms with Crippen LogP contribution in [0.5, 0.6) is 0 Å². The van der Waals surface area contributed by atoms with E-state index in [2.05, 4.69) is 0 Å². The largest absolute Gasteiger partial charge is 0.416 e. The van der Waals surface area contributed by atoms with Crippen LogP contribution in [0.25, 0.3) is 0 Å². The van der Waals surface area contributed by atoms with Gasteiger partial charge in [0.05, 0.1) is 5.56 Å². The lowest BCUT2D eigenvalue weighted by molar-refractivity contribution is -0.137. The van der Waals surface area contributed by atoms with Crippen LogP contribution in [0.1, 0.15) is 41.6 Å². The Kier molecular flexibility index (Phi) is 5.73. The molecule has 1 fully saturated rings. The zero-order valence-electron chi connectivity index (χ0n) is 12.2. The third-order valence-electron chi connectivity index (χ3n) is 4.11. The van der Waals surface area contributed by atoms with Crippen LogP contribution in [-0.4, -0.2) is 29.8 Å². The number of carbonyl (C=O) groups is 1. The number of piperidine rings is 1. The van der Waals surface area contributed by atoms with E-state index in [1.165, 1.54) is 12.1 Å². The minimum absolute atomic E-state index is 0.190. The van der Waals surface area contributed by atoms with Crippen LogP contribution in [0.2, 0.25) is 0 Å². The van der Waals surface area contributed by atoms with Crippen molar-refractivity contribution in [1.82, 2.24) is 4.90 Å². The van der Waals surface area contributed by atoms with Crippen LogP contribution in [0.4, 0.5) is 13.2 Å². The summed E-state index contributed by atoms with van der Waals surface area (Å²) in [5.41, 5.74) is -0.420. The molecular formula is C16H19ClF3NO. The maximum atomic E-state index is 12.5. The second kappa shape index (κ2) is 7.36. The molecule has 122 valence electrons. The van der Waals surface area contributed by atoms with Gasteiger partial charge in [-0.3, -0.25) is 4.79 Å². The molecule has 0 radical (unpaired) electrons. The minimum atomic E-state index is -4.37. The highest BCUT2D eigenvalue weighted by Gasteiger charge is 2.30. The summed E-state index contributed by atoms with van der Waals surface area (Å²) in [6.07, 6.45) is -0.445. The molecule has 1 aliphatic heterocycles. The predicted molar refractivity (Wildman–Crippen MR) is 80.0 cm³/mol. The Morgan fingerprint density at radius 2 is 1.77 bits per heavy atom. The molecule has 1 aromatic carbocycles. The molecule has 1 aromatic rings. The number of amides is 1. The average Bonchev–Trinajstić information content (AvgIpc) is 2.52. The molecule has 0 saturated carbocycles. The fourth-order valence-electron chi connectivity index (χ4n) is 2.77. The van der Waals surface area contributed by atoms with Gasteiger partial charge in [0.2, 0.25) is 0 Å². The fourth-order valence-corrected chi connectivity index (χ4v) is 2.93. The van der Waals surface area contributed by atoms with E-state index < -0.39 is 11.7 Å². The molecule has 1 heterocycles. The van der Waals surface area contributed by atoms with Crippen molar-refractivity contribution in [2.45, 2.75) is 31.9 Å². The third kappa shape index (κ3) is 4.38. The molecule has 0 unspecified atom stereocenters. The van der Waals surface area contributed by atoms with Gasteiger partial charge in [-0.1, -0.05) is 0 Å². The number of likely N-dealkylation sites (tertiary alicyclic amines) is 1. The topological polar surface area (TPSA) is 20.3 Å². The van der Waals surface area contributed by atoms with E-state index in [-0.39, 0.29) is 5.91 Å². The molecule has 1 saturated heterocycles. The standard InChI is InChI=1S/C16H19ClF3NO/c17-9-1-2-12-7-10-21(11-8-12)15(22)13-3-5-14(6-4-13)16(18,19)20/h3-6,12H,1-2,7-11H2. The molecule has 0 aromatic heterocycles. The van der Waals surface area contributed by atoms with E-state index >= 15 is 0 Å². The molecule has 0 atom stereocenters. The Labute approximate surface area is 133 Å². The second-order valence-corrected chi connectivity index (χ2v) is 6.02. The van der Waals surface area contributed by atoms with Crippen LogP contribution in [0, 0.1) is 5.92 Å². The predicted octanol–water partition coefficient (Wildman–Crippen LogP) is 4.58. The number of alkyl halides is 4. The van der Waals surface area contributed by atoms with E-state index in [0.717, 1.165) is 37.8 Å². The number of carbonyl (C=O) groups excluding carboxylic acids is 1. The van der Waals surface area contributed by atoms with Crippen molar-refractivity contribution in [3.05, 3.63) is 35.4 Å². The zero-order chi connectivity index (χ0) is 16.2. The van der Waals surface area contributed by atoms with Crippen LogP contribution in [0.3, 0.4) is 0 Å². The molecule has 1 amide bonds. The van der Waals surface area contributed by atoms with Gasteiger partial charge in [-0.15, -0.1) is 11.6 Å². The Balaban J connectivity index is 1.92. The van der Waals surface area contributed by atoms with Gasteiger partial charge in [0.25, 0.3) is 5.91 Å². The SMILES string of the molecule is O=C(c1ccc(C(F)(F)F)cc1)N1CCC(CCCCl)CC1. The lowest BCUT2D eigenvalue weighted by atomic mass is 9.92. The first kappa shape index (κ1) is 17.1. The number of rotatable bonds is 4. The number of hydrogen-bond donors (Lipinski definition) is 0. The van der Waals surface area contributed by atoms with Gasteiger partial charge >= 0.3 is 6.18 Å². The molecule has 0 N–H and O–H groups in total. The average molecular weight is 334 g/mol. The van der Waals surface area contributed by atoms with Crippen molar-refractivity contribution in [3.8, 4) is 0 Å². The highest BCUT2D eigenvalue weighted by atomic mass is 35.5. The molecule has 2 rings (SSSR count). The summed E-state index contributed by atoms with van der Waals surface area (Å²) in [6, 6.07) is 4.43. The minimum Gasteiger partial charge on any atom is -0.339 e. The van der Waals surface area contributed by atoms with Crippen molar-refractivity contribution in [1.29, 1.82) is 0 Å². The van der Waals surface area contributed by atoms with E-state index in [0.29, 0.717) is 30.5 Å². The summed E-state index contributed by atoms with van der Waals surface area (Å²) < 4.78 is 37.5. The summed E-state index contributed by atoms with van der Waals surface area (Å²) in [5, 5.41) is 0. The monoisotopic (exact) mass is 333 g/mol. The van der Waals surface area contributed by atoms with Gasteiger partial charge in [-0.2, -0.15) is 13.2 Å². The van der Waals surface area contributed by atoms with Crippen LogP contribution in [-0.2, 0) is 6.18 Å². The lowest BCUT2D eigenvalue weighted by Crippen LogP contribution is -2.38.